The first kappa shape index (κ1) is 12.0. The van der Waals surface area contributed by atoms with Gasteiger partial charge in [-0.1, -0.05) is 0 Å². The van der Waals surface area contributed by atoms with E-state index in [-0.39, 0.29) is 10.6 Å². The molecular formula is C10H13FO3S. The molecule has 0 saturated heterocycles. The number of phenolic OH excluding ortho intramolecular Hbond substituents is 1. The van der Waals surface area contributed by atoms with Gasteiger partial charge in [0.15, 0.2) is 9.84 Å². The maximum absolute atomic E-state index is 13.2. The Balaban J connectivity index is 3.02. The van der Waals surface area contributed by atoms with Crippen LogP contribution in [0.3, 0.4) is 0 Å². The molecule has 1 aromatic carbocycles. The van der Waals surface area contributed by atoms with Gasteiger partial charge in [0.05, 0.1) is 10.6 Å². The number of alkyl halides is 1. The highest BCUT2D eigenvalue weighted by atomic mass is 32.2. The summed E-state index contributed by atoms with van der Waals surface area (Å²) in [5.74, 6) is -0.585. The Hall–Kier alpha value is -1.10. The average Bonchev–Trinajstić information content (AvgIpc) is 2.00. The summed E-state index contributed by atoms with van der Waals surface area (Å²) in [6, 6.07) is 5.04. The first-order chi connectivity index (χ1) is 6.71. The van der Waals surface area contributed by atoms with E-state index in [2.05, 4.69) is 0 Å². The molecule has 0 aromatic heterocycles. The Bertz CT molecular complexity index is 429. The van der Waals surface area contributed by atoms with Crippen LogP contribution in [0.25, 0.3) is 0 Å². The van der Waals surface area contributed by atoms with Crippen LogP contribution in [0.5, 0.6) is 5.75 Å². The van der Waals surface area contributed by atoms with Crippen LogP contribution in [-0.4, -0.2) is 24.9 Å². The minimum Gasteiger partial charge on any atom is -0.508 e. The molecule has 0 radical (unpaired) electrons. The molecule has 0 unspecified atom stereocenters. The van der Waals surface area contributed by atoms with Crippen LogP contribution in [0, 0.1) is 0 Å². The van der Waals surface area contributed by atoms with E-state index in [0.717, 1.165) is 0 Å². The summed E-state index contributed by atoms with van der Waals surface area (Å²) in [7, 11) is -3.62. The Kier molecular flexibility index (Phi) is 3.04. The third-order valence-corrected chi connectivity index (χ3v) is 3.79. The summed E-state index contributed by atoms with van der Waals surface area (Å²) in [6.07, 6.45) is 0. The molecule has 15 heavy (non-hydrogen) atoms. The Morgan fingerprint density at radius 3 is 2.13 bits per heavy atom. The fourth-order valence-corrected chi connectivity index (χ4v) is 2.81. The van der Waals surface area contributed by atoms with Crippen molar-refractivity contribution in [2.75, 3.05) is 5.75 Å². The smallest absolute Gasteiger partial charge is 0.181 e. The first-order valence-corrected chi connectivity index (χ1v) is 6.07. The molecule has 0 aliphatic carbocycles. The molecule has 0 saturated carbocycles. The molecule has 1 N–H and O–H groups in total. The van der Waals surface area contributed by atoms with Crippen molar-refractivity contribution >= 4 is 9.84 Å². The zero-order valence-corrected chi connectivity index (χ0v) is 9.38. The number of rotatable bonds is 3. The third-order valence-electron chi connectivity index (χ3n) is 1.73. The molecule has 0 fully saturated rings. The number of phenols is 1. The Morgan fingerprint density at radius 2 is 1.73 bits per heavy atom. The number of hydrogen-bond donors (Lipinski definition) is 1. The number of hydrogen-bond acceptors (Lipinski definition) is 3. The Labute approximate surface area is 88.5 Å². The second-order valence-corrected chi connectivity index (χ2v) is 5.96. The molecular weight excluding hydrogens is 219 g/mol. The molecule has 84 valence electrons. The summed E-state index contributed by atoms with van der Waals surface area (Å²) in [5.41, 5.74) is -1.77. The van der Waals surface area contributed by atoms with Gasteiger partial charge in [-0.05, 0) is 38.1 Å². The fraction of sp³-hybridized carbons (Fsp3) is 0.400. The molecule has 1 aromatic rings. The van der Waals surface area contributed by atoms with Gasteiger partial charge in [-0.3, -0.25) is 0 Å². The van der Waals surface area contributed by atoms with E-state index in [9.17, 15) is 12.8 Å². The van der Waals surface area contributed by atoms with Crippen LogP contribution in [0.4, 0.5) is 4.39 Å². The lowest BCUT2D eigenvalue weighted by molar-refractivity contribution is 0.249. The van der Waals surface area contributed by atoms with E-state index in [1.165, 1.54) is 38.1 Å². The van der Waals surface area contributed by atoms with Crippen LogP contribution >= 0.6 is 0 Å². The standard InChI is InChI=1S/C10H13FO3S/c1-10(2,11)7-15(13,14)9-5-3-8(12)4-6-9/h3-6,12H,7H2,1-2H3. The molecule has 0 spiro atoms. The largest absolute Gasteiger partial charge is 0.508 e. The number of benzene rings is 1. The lowest BCUT2D eigenvalue weighted by Gasteiger charge is -2.14. The van der Waals surface area contributed by atoms with Crippen LogP contribution < -0.4 is 0 Å². The minimum atomic E-state index is -3.62. The lowest BCUT2D eigenvalue weighted by Crippen LogP contribution is -2.25. The molecule has 0 aliphatic heterocycles. The second kappa shape index (κ2) is 3.81. The predicted molar refractivity (Wildman–Crippen MR) is 55.3 cm³/mol. The van der Waals surface area contributed by atoms with E-state index in [1.807, 2.05) is 0 Å². The summed E-state index contributed by atoms with van der Waals surface area (Å²) >= 11 is 0. The molecule has 0 heterocycles. The predicted octanol–water partition coefficient (Wildman–Crippen LogP) is 1.91. The summed E-state index contributed by atoms with van der Waals surface area (Å²) in [4.78, 5) is 0.0195. The number of halogens is 1. The topological polar surface area (TPSA) is 54.4 Å². The SMILES string of the molecule is CC(C)(F)CS(=O)(=O)c1ccc(O)cc1. The second-order valence-electron chi connectivity index (χ2n) is 3.97. The van der Waals surface area contributed by atoms with Gasteiger partial charge in [-0.2, -0.15) is 0 Å². The first-order valence-electron chi connectivity index (χ1n) is 4.41. The zero-order chi connectivity index (χ0) is 11.7. The van der Waals surface area contributed by atoms with Gasteiger partial charge in [-0.25, -0.2) is 12.8 Å². The lowest BCUT2D eigenvalue weighted by atomic mass is 10.2. The fourth-order valence-electron chi connectivity index (χ4n) is 1.19. The van der Waals surface area contributed by atoms with Crippen molar-refractivity contribution in [3.05, 3.63) is 24.3 Å². The van der Waals surface area contributed by atoms with Crippen molar-refractivity contribution in [1.29, 1.82) is 0 Å². The molecule has 0 amide bonds. The van der Waals surface area contributed by atoms with Crippen molar-refractivity contribution in [3.8, 4) is 5.75 Å². The van der Waals surface area contributed by atoms with Gasteiger partial charge in [0.2, 0.25) is 0 Å². The van der Waals surface area contributed by atoms with Crippen LogP contribution in [0.2, 0.25) is 0 Å². The van der Waals surface area contributed by atoms with Crippen molar-refractivity contribution in [2.24, 2.45) is 0 Å². The van der Waals surface area contributed by atoms with E-state index < -0.39 is 21.3 Å². The number of sulfone groups is 1. The summed E-state index contributed by atoms with van der Waals surface area (Å²) in [5, 5.41) is 8.99. The van der Waals surface area contributed by atoms with Gasteiger partial charge < -0.3 is 5.11 Å². The highest BCUT2D eigenvalue weighted by Crippen LogP contribution is 2.20. The molecule has 0 bridgehead atoms. The van der Waals surface area contributed by atoms with Crippen molar-refractivity contribution in [2.45, 2.75) is 24.4 Å². The molecule has 0 aliphatic rings. The maximum Gasteiger partial charge on any atom is 0.181 e. The molecule has 0 atom stereocenters. The molecule has 3 nitrogen and oxygen atoms in total. The highest BCUT2D eigenvalue weighted by molar-refractivity contribution is 7.91. The van der Waals surface area contributed by atoms with E-state index in [1.54, 1.807) is 0 Å². The van der Waals surface area contributed by atoms with Gasteiger partial charge in [0.1, 0.15) is 11.4 Å². The van der Waals surface area contributed by atoms with Crippen molar-refractivity contribution < 1.29 is 17.9 Å². The van der Waals surface area contributed by atoms with E-state index in [0.29, 0.717) is 0 Å². The maximum atomic E-state index is 13.2. The van der Waals surface area contributed by atoms with Gasteiger partial charge >= 0.3 is 0 Å². The summed E-state index contributed by atoms with van der Waals surface area (Å²) < 4.78 is 36.5. The van der Waals surface area contributed by atoms with E-state index in [4.69, 9.17) is 5.11 Å². The Morgan fingerprint density at radius 1 is 1.27 bits per heavy atom. The van der Waals surface area contributed by atoms with Crippen molar-refractivity contribution in [1.82, 2.24) is 0 Å². The average molecular weight is 232 g/mol. The quantitative estimate of drug-likeness (QED) is 0.866. The third kappa shape index (κ3) is 3.51. The van der Waals surface area contributed by atoms with Gasteiger partial charge in [0, 0.05) is 0 Å². The normalized spacial score (nSPS) is 12.7. The zero-order valence-electron chi connectivity index (χ0n) is 8.57. The minimum absolute atomic E-state index is 0.0195. The van der Waals surface area contributed by atoms with Gasteiger partial charge in [0.25, 0.3) is 0 Å². The van der Waals surface area contributed by atoms with Gasteiger partial charge in [-0.15, -0.1) is 0 Å². The highest BCUT2D eigenvalue weighted by Gasteiger charge is 2.26. The van der Waals surface area contributed by atoms with Crippen molar-refractivity contribution in [3.63, 3.8) is 0 Å². The summed E-state index contributed by atoms with van der Waals surface area (Å²) in [6.45, 7) is 2.43. The van der Waals surface area contributed by atoms with Crippen LogP contribution in [0.1, 0.15) is 13.8 Å². The monoisotopic (exact) mass is 232 g/mol. The molecule has 1 rings (SSSR count). The number of aromatic hydroxyl groups is 1. The van der Waals surface area contributed by atoms with Crippen LogP contribution in [0.15, 0.2) is 29.2 Å². The van der Waals surface area contributed by atoms with Crippen LogP contribution in [-0.2, 0) is 9.84 Å². The molecule has 5 heteroatoms. The van der Waals surface area contributed by atoms with E-state index >= 15 is 0 Å².